The monoisotopic (exact) mass is 514 g/mol. The number of carbonyl (C=O) groups is 2. The summed E-state index contributed by atoms with van der Waals surface area (Å²) in [5, 5.41) is 21.6. The van der Waals surface area contributed by atoms with Crippen LogP contribution < -0.4 is 9.64 Å². The Hall–Kier alpha value is -4.17. The molecule has 0 spiro atoms. The van der Waals surface area contributed by atoms with Crippen LogP contribution in [0.2, 0.25) is 0 Å². The molecule has 1 amide bonds. The highest BCUT2D eigenvalue weighted by Crippen LogP contribution is 2.45. The summed E-state index contributed by atoms with van der Waals surface area (Å²) in [6, 6.07) is 16.0. The largest absolute Gasteiger partial charge is 0.508 e. The molecule has 2 N–H and O–H groups in total. The number of fused-ring (bicyclic) bond motifs is 1. The standard InChI is InChI=1S/C29H26N2O5S/c1-15(2)36-21-7-5-6-19(14-21)26(33)24-25(18-8-10-20(32)11-9-18)31(28(35)27(24)34)29-30-22-12-16(3)17(4)13-23(22)37-29/h5-15,25,32-33H,1-4H3/b26-24+. The third-order valence-corrected chi connectivity index (χ3v) is 7.35. The van der Waals surface area contributed by atoms with Gasteiger partial charge in [0.15, 0.2) is 5.13 Å². The van der Waals surface area contributed by atoms with Gasteiger partial charge >= 0.3 is 5.91 Å². The van der Waals surface area contributed by atoms with Crippen molar-refractivity contribution in [1.82, 2.24) is 4.98 Å². The number of aliphatic hydroxyl groups is 1. The van der Waals surface area contributed by atoms with Crippen LogP contribution in [0.15, 0.2) is 66.2 Å². The molecule has 0 aliphatic carbocycles. The Kier molecular flexibility index (Phi) is 6.21. The maximum absolute atomic E-state index is 13.4. The van der Waals surface area contributed by atoms with Gasteiger partial charge in [0.25, 0.3) is 5.78 Å². The van der Waals surface area contributed by atoms with Crippen LogP contribution in [0.5, 0.6) is 11.5 Å². The number of carbonyl (C=O) groups excluding carboxylic acids is 2. The Balaban J connectivity index is 1.70. The van der Waals surface area contributed by atoms with Crippen molar-refractivity contribution >= 4 is 44.1 Å². The summed E-state index contributed by atoms with van der Waals surface area (Å²) in [4.78, 5) is 32.9. The molecule has 3 aromatic carbocycles. The second kappa shape index (κ2) is 9.37. The number of phenols is 1. The molecular formula is C29H26N2O5S. The van der Waals surface area contributed by atoms with Gasteiger partial charge in [-0.05, 0) is 80.8 Å². The van der Waals surface area contributed by atoms with Crippen molar-refractivity contribution in [1.29, 1.82) is 0 Å². The van der Waals surface area contributed by atoms with E-state index in [-0.39, 0.29) is 23.2 Å². The molecule has 7 nitrogen and oxygen atoms in total. The van der Waals surface area contributed by atoms with Crippen LogP contribution in [-0.4, -0.2) is 33.0 Å². The Morgan fingerprint density at radius 2 is 1.73 bits per heavy atom. The average Bonchev–Trinajstić information content (AvgIpc) is 3.36. The van der Waals surface area contributed by atoms with Crippen molar-refractivity contribution in [2.24, 2.45) is 0 Å². The first-order valence-electron chi connectivity index (χ1n) is 11.9. The lowest BCUT2D eigenvalue weighted by molar-refractivity contribution is -0.132. The molecule has 0 saturated carbocycles. The van der Waals surface area contributed by atoms with E-state index >= 15 is 0 Å². The molecule has 5 rings (SSSR count). The molecule has 1 aliphatic rings. The molecule has 1 aromatic heterocycles. The lowest BCUT2D eigenvalue weighted by Crippen LogP contribution is -2.29. The second-order valence-corrected chi connectivity index (χ2v) is 10.4. The molecule has 188 valence electrons. The molecule has 1 aliphatic heterocycles. The van der Waals surface area contributed by atoms with Crippen LogP contribution in [-0.2, 0) is 9.59 Å². The van der Waals surface area contributed by atoms with Gasteiger partial charge in [-0.3, -0.25) is 14.5 Å². The van der Waals surface area contributed by atoms with Gasteiger partial charge in [0.2, 0.25) is 0 Å². The van der Waals surface area contributed by atoms with Gasteiger partial charge in [0.05, 0.1) is 27.9 Å². The molecule has 2 heterocycles. The number of aryl methyl sites for hydroxylation is 2. The summed E-state index contributed by atoms with van der Waals surface area (Å²) < 4.78 is 6.64. The highest BCUT2D eigenvalue weighted by atomic mass is 32.1. The summed E-state index contributed by atoms with van der Waals surface area (Å²) in [6.07, 6.45) is -0.0775. The SMILES string of the molecule is Cc1cc2nc(N3C(=O)C(=O)/C(=C(/O)c4cccc(OC(C)C)c4)C3c3ccc(O)cc3)sc2cc1C. The topological polar surface area (TPSA) is 100.0 Å². The fourth-order valence-corrected chi connectivity index (χ4v) is 5.49. The van der Waals surface area contributed by atoms with Crippen LogP contribution in [0.3, 0.4) is 0 Å². The van der Waals surface area contributed by atoms with E-state index in [1.165, 1.54) is 28.4 Å². The number of ether oxygens (including phenoxy) is 1. The van der Waals surface area contributed by atoms with E-state index in [2.05, 4.69) is 4.98 Å². The molecule has 0 radical (unpaired) electrons. The third-order valence-electron chi connectivity index (χ3n) is 6.33. The number of amides is 1. The fourth-order valence-electron chi connectivity index (χ4n) is 4.42. The van der Waals surface area contributed by atoms with Gasteiger partial charge in [-0.25, -0.2) is 4.98 Å². The van der Waals surface area contributed by atoms with E-state index in [9.17, 15) is 19.8 Å². The molecule has 1 atom stereocenters. The van der Waals surface area contributed by atoms with Gasteiger partial charge in [-0.1, -0.05) is 35.6 Å². The van der Waals surface area contributed by atoms with Gasteiger partial charge in [0.1, 0.15) is 17.3 Å². The van der Waals surface area contributed by atoms with E-state index < -0.39 is 17.7 Å². The Bertz CT molecular complexity index is 1530. The number of aromatic hydroxyl groups is 1. The van der Waals surface area contributed by atoms with E-state index in [0.29, 0.717) is 22.0 Å². The van der Waals surface area contributed by atoms with Gasteiger partial charge < -0.3 is 14.9 Å². The highest BCUT2D eigenvalue weighted by Gasteiger charge is 2.48. The molecule has 37 heavy (non-hydrogen) atoms. The van der Waals surface area contributed by atoms with Crippen molar-refractivity contribution in [3.05, 3.63) is 88.5 Å². The minimum Gasteiger partial charge on any atom is -0.508 e. The maximum Gasteiger partial charge on any atom is 0.301 e. The van der Waals surface area contributed by atoms with E-state index in [0.717, 1.165) is 21.3 Å². The molecule has 1 saturated heterocycles. The number of ketones is 1. The lowest BCUT2D eigenvalue weighted by Gasteiger charge is -2.23. The molecule has 8 heteroatoms. The predicted molar refractivity (Wildman–Crippen MR) is 144 cm³/mol. The zero-order chi connectivity index (χ0) is 26.4. The van der Waals surface area contributed by atoms with Crippen LogP contribution in [0, 0.1) is 13.8 Å². The van der Waals surface area contributed by atoms with Crippen LogP contribution >= 0.6 is 11.3 Å². The van der Waals surface area contributed by atoms with Crippen LogP contribution in [0.25, 0.3) is 16.0 Å². The number of Topliss-reactive ketones (excluding diaryl/α,β-unsaturated/α-hetero) is 1. The number of benzene rings is 3. The van der Waals surface area contributed by atoms with Gasteiger partial charge in [-0.15, -0.1) is 0 Å². The van der Waals surface area contributed by atoms with Crippen molar-refractivity contribution < 1.29 is 24.5 Å². The van der Waals surface area contributed by atoms with E-state index in [1.807, 2.05) is 39.8 Å². The molecule has 1 unspecified atom stereocenters. The number of anilines is 1. The number of nitrogens with zero attached hydrogens (tertiary/aromatic N) is 2. The summed E-state index contributed by atoms with van der Waals surface area (Å²) in [5.74, 6) is -1.31. The number of aromatic nitrogens is 1. The predicted octanol–water partition coefficient (Wildman–Crippen LogP) is 6.03. The first-order valence-corrected chi connectivity index (χ1v) is 12.7. The number of rotatable bonds is 5. The van der Waals surface area contributed by atoms with Crippen molar-refractivity contribution in [2.45, 2.75) is 39.8 Å². The zero-order valence-corrected chi connectivity index (χ0v) is 21.7. The second-order valence-electron chi connectivity index (χ2n) is 9.36. The molecular weight excluding hydrogens is 488 g/mol. The number of thiazole rings is 1. The zero-order valence-electron chi connectivity index (χ0n) is 20.9. The van der Waals surface area contributed by atoms with Gasteiger partial charge in [-0.2, -0.15) is 0 Å². The summed E-state index contributed by atoms with van der Waals surface area (Å²) in [6.45, 7) is 7.79. The summed E-state index contributed by atoms with van der Waals surface area (Å²) in [5.41, 5.74) is 3.76. The lowest BCUT2D eigenvalue weighted by atomic mass is 9.95. The third kappa shape index (κ3) is 4.44. The number of phenolic OH excluding ortho intramolecular Hbond substituents is 1. The van der Waals surface area contributed by atoms with Crippen LogP contribution in [0.1, 0.15) is 42.1 Å². The molecule has 1 fully saturated rings. The van der Waals surface area contributed by atoms with Crippen LogP contribution in [0.4, 0.5) is 5.13 Å². The van der Waals surface area contributed by atoms with Crippen molar-refractivity contribution in [2.75, 3.05) is 4.90 Å². The quantitative estimate of drug-likeness (QED) is 0.192. The molecule has 0 bridgehead atoms. The molecule has 4 aromatic rings. The number of hydrogen-bond donors (Lipinski definition) is 2. The number of aliphatic hydroxyl groups excluding tert-OH is 1. The highest BCUT2D eigenvalue weighted by molar-refractivity contribution is 7.22. The Morgan fingerprint density at radius 3 is 2.43 bits per heavy atom. The van der Waals surface area contributed by atoms with E-state index in [4.69, 9.17) is 4.74 Å². The fraction of sp³-hybridized carbons (Fsp3) is 0.207. The van der Waals surface area contributed by atoms with Crippen molar-refractivity contribution in [3.8, 4) is 11.5 Å². The minimum atomic E-state index is -0.932. The first kappa shape index (κ1) is 24.5. The summed E-state index contributed by atoms with van der Waals surface area (Å²) >= 11 is 1.31. The van der Waals surface area contributed by atoms with E-state index in [1.54, 1.807) is 36.4 Å². The number of hydrogen-bond acceptors (Lipinski definition) is 7. The first-order chi connectivity index (χ1) is 17.6. The van der Waals surface area contributed by atoms with Crippen molar-refractivity contribution in [3.63, 3.8) is 0 Å². The minimum absolute atomic E-state index is 0.0465. The smallest absolute Gasteiger partial charge is 0.301 e. The average molecular weight is 515 g/mol. The Labute approximate surface area is 218 Å². The summed E-state index contributed by atoms with van der Waals surface area (Å²) in [7, 11) is 0. The maximum atomic E-state index is 13.4. The Morgan fingerprint density at radius 1 is 1.03 bits per heavy atom. The normalized spacial score (nSPS) is 17.2. The van der Waals surface area contributed by atoms with Gasteiger partial charge in [0, 0.05) is 5.56 Å².